The summed E-state index contributed by atoms with van der Waals surface area (Å²) < 4.78 is 23.6. The number of phenolic OH excluding ortho intramolecular Hbond substituents is 3. The number of aliphatic hydroxyl groups is 4. The maximum absolute atomic E-state index is 14.4. The lowest BCUT2D eigenvalue weighted by Gasteiger charge is -2.38. The van der Waals surface area contributed by atoms with Crippen molar-refractivity contribution in [1.29, 1.82) is 0 Å². The first-order chi connectivity index (χ1) is 43.7. The van der Waals surface area contributed by atoms with Crippen LogP contribution in [-0.2, 0) is 23.8 Å². The van der Waals surface area contributed by atoms with Crippen LogP contribution in [0.5, 0.6) is 23.0 Å². The quantitative estimate of drug-likeness (QED) is 0.0116. The molecule has 2 aromatic heterocycles. The number of primary amides is 1. The van der Waals surface area contributed by atoms with E-state index >= 15 is 0 Å². The zero-order valence-electron chi connectivity index (χ0n) is 55.3. The number of Topliss-reactive ketones (excluding diaryl/α,β-unsaturated/α-hetero) is 1. The number of nitrogens with one attached hydrogen (secondary N) is 4. The number of hydrogen-bond donors (Lipinski definition) is 13. The molecule has 15 N–H and O–H groups in total. The van der Waals surface area contributed by atoms with Crippen molar-refractivity contribution in [3.8, 4) is 23.0 Å². The molecule has 0 unspecified atom stereocenters. The summed E-state index contributed by atoms with van der Waals surface area (Å²) in [5.41, 5.74) is 7.24. The minimum Gasteiger partial charge on any atom is -0.507 e. The summed E-state index contributed by atoms with van der Waals surface area (Å²) in [6.07, 6.45) is 14.0. The molecule has 28 nitrogen and oxygen atoms in total. The SMILES string of the molecule is CC[C@@H](CO)NCCN[C@@H](CC)CO.CO[C@H]1/C=C/O[C@@]2(C)Oc3c(C)c(O)c4c(O)c(c(/C=N\N5CCN(C)CC5)c(O)c4c3C2=O)NC(=O)/C(C)=C\C=C\[C@@H](C)[C@H](O)[C@@H](C)[C@H](O)[C@@H](C)[C@H](OC(C)=O)[C@@H]1C.Cl.Cl.NC(=O)c1cnccn1.NNC(=O)c1ccncc1. The zero-order valence-corrected chi connectivity index (χ0v) is 56.9. The molecule has 1 saturated heterocycles. The Morgan fingerprint density at radius 1 is 0.862 bits per heavy atom. The van der Waals surface area contributed by atoms with Crippen molar-refractivity contribution >= 4 is 77.0 Å². The van der Waals surface area contributed by atoms with E-state index in [2.05, 4.69) is 40.9 Å². The molecule has 522 valence electrons. The van der Waals surface area contributed by atoms with Gasteiger partial charge in [0.1, 0.15) is 29.0 Å². The molecule has 5 bridgehead atoms. The standard InChI is InChI=1S/C43H58N4O12.C10H24N2O2.C6H7N3O.C5H5N3O.2ClH/c1-21-12-11-13-22(2)42(55)45-33-28(20-44-47-17-15-46(9)16-18-47)37(52)30-31(38(33)53)36(51)26(6)40-32(30)41(54)43(8,59-40)57-19-14-29(56-10)23(3)39(58-27(7)48)25(5)35(50)24(4)34(21)49;1-3-9(7-13)11-5-6-12-10(4-2)8-14;7-9-6(10)5-1-3-8-4-2-5;6-5(9)4-3-7-1-2-8-4;;/h11-14,19-21,23-25,29,34-35,39,49-53H,15-18H2,1-10H3,(H,45,55);9-14H,3-8H2,1-2H3;1-4H,7H2,(H,9,10);1-3H,(H2,6,9);2*1H/b12-11+,19-14+,22-13-,44-20-;;;;;/t21-,23-,24-,25-,29+,34+,35+,39-,43+;9-,10-;;;;/m10..../s1. The Balaban J connectivity index is 0.000000693. The smallest absolute Gasteiger partial charge is 0.312 e. The lowest BCUT2D eigenvalue weighted by molar-refractivity contribution is -0.160. The third-order valence-electron chi connectivity index (χ3n) is 16.2. The second-order valence-electron chi connectivity index (χ2n) is 22.8. The van der Waals surface area contributed by atoms with E-state index in [-0.39, 0.29) is 106 Å². The molecule has 4 aromatic rings. The molecule has 2 aromatic carbocycles. The monoisotopic (exact) mass is 1360 g/mol. The summed E-state index contributed by atoms with van der Waals surface area (Å²) in [6, 6.07) is 3.57. The highest BCUT2D eigenvalue weighted by atomic mass is 35.5. The summed E-state index contributed by atoms with van der Waals surface area (Å²) in [7, 11) is 3.42. The molecule has 4 aliphatic rings. The Kier molecular flexibility index (Phi) is 35.0. The summed E-state index contributed by atoms with van der Waals surface area (Å²) in [6.45, 7) is 21.2. The second-order valence-corrected chi connectivity index (χ2v) is 22.8. The van der Waals surface area contributed by atoms with E-state index in [1.807, 2.05) is 26.3 Å². The van der Waals surface area contributed by atoms with Crippen molar-refractivity contribution in [2.75, 3.05) is 72.0 Å². The number of benzene rings is 2. The van der Waals surface area contributed by atoms with E-state index in [0.717, 1.165) is 39.0 Å². The van der Waals surface area contributed by atoms with Crippen LogP contribution in [-0.4, -0.2) is 205 Å². The number of halogens is 2. The topological polar surface area (TPSA) is 422 Å². The maximum Gasteiger partial charge on any atom is 0.312 e. The van der Waals surface area contributed by atoms with E-state index in [9.17, 15) is 49.5 Å². The molecule has 1 fully saturated rings. The summed E-state index contributed by atoms with van der Waals surface area (Å²) in [5.74, 6) is -4.31. The van der Waals surface area contributed by atoms with E-state index in [4.69, 9.17) is 40.7 Å². The van der Waals surface area contributed by atoms with Crippen LogP contribution in [0, 0.1) is 30.6 Å². The van der Waals surface area contributed by atoms with Gasteiger partial charge < -0.3 is 81.3 Å². The number of likely N-dealkylation sites (N-methyl/N-ethyl adjacent to an activating group) is 1. The predicted octanol–water partition coefficient (Wildman–Crippen LogP) is 4.15. The van der Waals surface area contributed by atoms with Crippen LogP contribution in [0.2, 0.25) is 0 Å². The third-order valence-corrected chi connectivity index (χ3v) is 16.2. The van der Waals surface area contributed by atoms with Gasteiger partial charge in [-0.2, -0.15) is 5.10 Å². The Morgan fingerprint density at radius 3 is 1.98 bits per heavy atom. The number of hydrazone groups is 1. The van der Waals surface area contributed by atoms with Gasteiger partial charge in [-0.15, -0.1) is 24.8 Å². The number of allylic oxidation sites excluding steroid dienone is 2. The molecule has 4 aliphatic heterocycles. The van der Waals surface area contributed by atoms with Crippen LogP contribution in [0.15, 0.2) is 84.4 Å². The fourth-order valence-electron chi connectivity index (χ4n) is 10.2. The number of anilines is 1. The van der Waals surface area contributed by atoms with Gasteiger partial charge in [-0.1, -0.05) is 59.8 Å². The van der Waals surface area contributed by atoms with Crippen molar-refractivity contribution < 1.29 is 78.7 Å². The average molecular weight is 1360 g/mol. The number of pyridine rings is 1. The number of hydrazine groups is 1. The molecule has 0 radical (unpaired) electrons. The number of nitrogens with two attached hydrogens (primary N) is 2. The molecule has 0 saturated carbocycles. The van der Waals surface area contributed by atoms with Crippen LogP contribution in [0.3, 0.4) is 0 Å². The highest BCUT2D eigenvalue weighted by molar-refractivity contribution is 6.24. The van der Waals surface area contributed by atoms with Crippen molar-refractivity contribution in [1.82, 2.24) is 40.9 Å². The molecular weight excluding hydrogens is 1260 g/mol. The van der Waals surface area contributed by atoms with Gasteiger partial charge in [0.15, 0.2) is 5.75 Å². The zero-order chi connectivity index (χ0) is 68.6. The maximum atomic E-state index is 14.4. The van der Waals surface area contributed by atoms with E-state index < -0.39 is 94.7 Å². The second kappa shape index (κ2) is 39.9. The van der Waals surface area contributed by atoms with Gasteiger partial charge in [0, 0.05) is 143 Å². The minimum absolute atomic E-state index is 0. The highest BCUT2D eigenvalue weighted by Crippen LogP contribution is 2.55. The Morgan fingerprint density at radius 2 is 1.47 bits per heavy atom. The molecule has 3 amide bonds. The number of methoxy groups -OCH3 is 1. The van der Waals surface area contributed by atoms with Crippen molar-refractivity contribution in [3.05, 3.63) is 107 Å². The normalized spacial score (nSPS) is 24.2. The first-order valence-electron chi connectivity index (χ1n) is 30.4. The molecule has 11 atom stereocenters. The van der Waals surface area contributed by atoms with Gasteiger partial charge in [-0.25, -0.2) is 10.8 Å². The number of fused-ring (bicyclic) bond motifs is 14. The van der Waals surface area contributed by atoms with Gasteiger partial charge in [0.25, 0.3) is 23.5 Å². The highest BCUT2D eigenvalue weighted by Gasteiger charge is 2.50. The Bertz CT molecular complexity index is 3200. The van der Waals surface area contributed by atoms with Gasteiger partial charge in [-0.05, 0) is 51.9 Å². The summed E-state index contributed by atoms with van der Waals surface area (Å²) in [4.78, 5) is 74.7. The number of ketones is 1. The average Bonchev–Trinajstić information content (AvgIpc) is 1.49. The number of aliphatic hydroxyl groups excluding tert-OH is 4. The first kappa shape index (κ1) is 82.5. The molecule has 30 heteroatoms. The van der Waals surface area contributed by atoms with Crippen LogP contribution < -0.4 is 37.7 Å². The number of esters is 1. The number of hydrogen-bond acceptors (Lipinski definition) is 25. The van der Waals surface area contributed by atoms with Gasteiger partial charge in [0.2, 0.25) is 0 Å². The Labute approximate surface area is 561 Å². The van der Waals surface area contributed by atoms with E-state index in [0.29, 0.717) is 18.7 Å². The number of aromatic nitrogens is 3. The van der Waals surface area contributed by atoms with Crippen LogP contribution in [0.1, 0.15) is 117 Å². The summed E-state index contributed by atoms with van der Waals surface area (Å²) >= 11 is 0. The van der Waals surface area contributed by atoms with Crippen LogP contribution in [0.4, 0.5) is 5.69 Å². The predicted molar refractivity (Wildman–Crippen MR) is 360 cm³/mol. The number of rotatable bonds is 15. The number of amides is 3. The number of aromatic hydroxyl groups is 3. The largest absolute Gasteiger partial charge is 0.507 e. The third kappa shape index (κ3) is 22.3. The van der Waals surface area contributed by atoms with Crippen molar-refractivity contribution in [2.24, 2.45) is 40.3 Å². The number of ether oxygens (including phenoxy) is 4. The minimum atomic E-state index is -2.04. The van der Waals surface area contributed by atoms with E-state index in [1.54, 1.807) is 57.0 Å². The molecular formula is C64H96Cl2N12O16. The van der Waals surface area contributed by atoms with E-state index in [1.165, 1.54) is 90.4 Å². The lowest BCUT2D eigenvalue weighted by Crippen LogP contribution is -2.46. The number of piperazine rings is 1. The van der Waals surface area contributed by atoms with Crippen molar-refractivity contribution in [3.63, 3.8) is 0 Å². The molecule has 8 rings (SSSR count). The molecule has 94 heavy (non-hydrogen) atoms. The van der Waals surface area contributed by atoms with Gasteiger partial charge in [0.05, 0.1) is 72.4 Å². The Hall–Kier alpha value is -7.61. The lowest BCUT2D eigenvalue weighted by atomic mass is 9.78. The van der Waals surface area contributed by atoms with Gasteiger partial charge in [-0.3, -0.25) is 44.4 Å². The number of carbonyl (C=O) groups is 5. The first-order valence-corrected chi connectivity index (χ1v) is 30.4. The number of nitrogens with zero attached hydrogens (tertiary/aromatic N) is 6. The van der Waals surface area contributed by atoms with Crippen LogP contribution >= 0.6 is 24.8 Å². The van der Waals surface area contributed by atoms with Crippen molar-refractivity contribution in [2.45, 2.75) is 124 Å². The number of phenols is 3. The number of carbonyl (C=O) groups excluding carboxylic acids is 5. The van der Waals surface area contributed by atoms with Crippen LogP contribution in [0.25, 0.3) is 10.8 Å². The fourth-order valence-corrected chi connectivity index (χ4v) is 10.2. The number of nitrogen functional groups attached to an aromatic ring is 1. The molecule has 0 spiro atoms. The molecule has 0 aliphatic carbocycles. The summed E-state index contributed by atoms with van der Waals surface area (Å²) in [5, 5.41) is 91.1. The molecule has 6 heterocycles. The van der Waals surface area contributed by atoms with Gasteiger partial charge >= 0.3 is 11.8 Å². The fraction of sp³-hybridized carbons (Fsp3) is 0.516.